The zero-order valence-corrected chi connectivity index (χ0v) is 26.3. The lowest BCUT2D eigenvalue weighted by molar-refractivity contribution is 1.34. The van der Waals surface area contributed by atoms with Crippen molar-refractivity contribution in [3.05, 3.63) is 145 Å². The standard InChI is InChI=1S/C41H25N3S2/c1-2-6-33-30(5-1)21-36(42-33)26-13-9-24(10-14-26)28-17-19-31-37(22-28)45-40-32-20-18-29(23-38(32)46-39(31)40)25-11-15-27(16-12-25)41-43-34-7-3-4-8-35(34)44-41/h1-20,22-23H,21H2,(H,43,44). The summed E-state index contributed by atoms with van der Waals surface area (Å²) >= 11 is 3.81. The first-order valence-corrected chi connectivity index (χ1v) is 17.1. The molecule has 1 N–H and O–H groups in total. The van der Waals surface area contributed by atoms with Crippen LogP contribution in [0, 0.1) is 0 Å². The largest absolute Gasteiger partial charge is 0.338 e. The van der Waals surface area contributed by atoms with Crippen LogP contribution in [-0.2, 0) is 6.42 Å². The fraction of sp³-hybridized carbons (Fsp3) is 0.0244. The number of aliphatic imine (C=N–C) groups is 1. The maximum atomic E-state index is 4.87. The van der Waals surface area contributed by atoms with Gasteiger partial charge < -0.3 is 4.98 Å². The van der Waals surface area contributed by atoms with Gasteiger partial charge in [-0.15, -0.1) is 22.7 Å². The van der Waals surface area contributed by atoms with Crippen LogP contribution in [0.4, 0.5) is 5.69 Å². The van der Waals surface area contributed by atoms with E-state index in [2.05, 4.69) is 120 Å². The Bertz CT molecular complexity index is 2620. The number of aromatic nitrogens is 2. The highest BCUT2D eigenvalue weighted by atomic mass is 32.1. The lowest BCUT2D eigenvalue weighted by Gasteiger charge is -2.05. The molecular weight excluding hydrogens is 599 g/mol. The molecule has 9 aromatic rings. The Balaban J connectivity index is 0.937. The molecule has 0 radical (unpaired) electrons. The molecule has 5 heteroatoms. The molecule has 10 rings (SSSR count). The maximum Gasteiger partial charge on any atom is 0.138 e. The van der Waals surface area contributed by atoms with Gasteiger partial charge in [-0.3, -0.25) is 4.99 Å². The summed E-state index contributed by atoms with van der Waals surface area (Å²) in [6.45, 7) is 0. The van der Waals surface area contributed by atoms with E-state index in [0.717, 1.165) is 40.2 Å². The average Bonchev–Trinajstić information content (AvgIpc) is 3.89. The lowest BCUT2D eigenvalue weighted by atomic mass is 9.99. The molecule has 1 aliphatic heterocycles. The molecule has 1 aliphatic rings. The van der Waals surface area contributed by atoms with Crippen LogP contribution in [0.3, 0.4) is 0 Å². The van der Waals surface area contributed by atoms with Gasteiger partial charge in [-0.1, -0.05) is 103 Å². The Hall–Kier alpha value is -5.36. The average molecular weight is 624 g/mol. The predicted octanol–water partition coefficient (Wildman–Crippen LogP) is 11.8. The molecule has 0 atom stereocenters. The summed E-state index contributed by atoms with van der Waals surface area (Å²) in [7, 11) is 0. The number of nitrogens with one attached hydrogen (secondary N) is 1. The number of para-hydroxylation sites is 3. The second kappa shape index (κ2) is 10.1. The summed E-state index contributed by atoms with van der Waals surface area (Å²) in [5.41, 5.74) is 12.8. The molecule has 4 heterocycles. The Kier molecular flexibility index (Phi) is 5.68. The normalized spacial score (nSPS) is 12.8. The minimum Gasteiger partial charge on any atom is -0.338 e. The Morgan fingerprint density at radius 3 is 1.74 bits per heavy atom. The van der Waals surface area contributed by atoms with E-state index in [1.54, 1.807) is 0 Å². The second-order valence-corrected chi connectivity index (χ2v) is 14.0. The third kappa shape index (κ3) is 4.17. The number of nitrogens with zero attached hydrogens (tertiary/aromatic N) is 2. The number of hydrogen-bond donors (Lipinski definition) is 1. The molecule has 0 bridgehead atoms. The van der Waals surface area contributed by atoms with Crippen LogP contribution in [0.2, 0.25) is 0 Å². The van der Waals surface area contributed by atoms with Gasteiger partial charge in [0.1, 0.15) is 5.82 Å². The molecule has 3 nitrogen and oxygen atoms in total. The van der Waals surface area contributed by atoms with Gasteiger partial charge in [0.05, 0.1) is 31.8 Å². The van der Waals surface area contributed by atoms with Gasteiger partial charge in [0.2, 0.25) is 0 Å². The number of thiophene rings is 2. The molecule has 0 spiro atoms. The quantitative estimate of drug-likeness (QED) is 0.208. The number of hydrogen-bond acceptors (Lipinski definition) is 4. The van der Waals surface area contributed by atoms with Crippen molar-refractivity contribution >= 4 is 74.7 Å². The van der Waals surface area contributed by atoms with Crippen molar-refractivity contribution in [1.82, 2.24) is 9.97 Å². The first-order valence-electron chi connectivity index (χ1n) is 15.4. The van der Waals surface area contributed by atoms with Crippen LogP contribution < -0.4 is 0 Å². The van der Waals surface area contributed by atoms with Crippen molar-refractivity contribution in [2.75, 3.05) is 0 Å². The monoisotopic (exact) mass is 623 g/mol. The molecule has 216 valence electrons. The van der Waals surface area contributed by atoms with Crippen molar-refractivity contribution < 1.29 is 0 Å². The predicted molar refractivity (Wildman–Crippen MR) is 197 cm³/mol. The number of rotatable bonds is 4. The van der Waals surface area contributed by atoms with E-state index in [-0.39, 0.29) is 0 Å². The van der Waals surface area contributed by atoms with Crippen molar-refractivity contribution in [3.63, 3.8) is 0 Å². The molecular formula is C41H25N3S2. The molecule has 0 amide bonds. The van der Waals surface area contributed by atoms with Crippen molar-refractivity contribution in [3.8, 4) is 33.6 Å². The van der Waals surface area contributed by atoms with Crippen LogP contribution in [0.5, 0.6) is 0 Å². The first kappa shape index (κ1) is 25.9. The molecule has 0 fully saturated rings. The van der Waals surface area contributed by atoms with Gasteiger partial charge >= 0.3 is 0 Å². The summed E-state index contributed by atoms with van der Waals surface area (Å²) in [6, 6.07) is 48.0. The van der Waals surface area contributed by atoms with Crippen molar-refractivity contribution in [2.24, 2.45) is 4.99 Å². The highest BCUT2D eigenvalue weighted by Crippen LogP contribution is 2.46. The summed E-state index contributed by atoms with van der Waals surface area (Å²) in [6.07, 6.45) is 0.901. The zero-order chi connectivity index (χ0) is 30.2. The zero-order valence-electron chi connectivity index (χ0n) is 24.6. The Labute approximate surface area is 273 Å². The van der Waals surface area contributed by atoms with Crippen LogP contribution in [-0.4, -0.2) is 15.7 Å². The molecule has 0 unspecified atom stereocenters. The fourth-order valence-corrected chi connectivity index (χ4v) is 9.41. The number of imidazole rings is 1. The first-order chi connectivity index (χ1) is 22.7. The SMILES string of the molecule is c1ccc2c(c1)CC(c1ccc(-c3ccc4c(c3)sc3c5ccc(-c6ccc(-c7nc8ccccc8[nH]7)cc6)cc5sc43)cc1)=N2. The highest BCUT2D eigenvalue weighted by molar-refractivity contribution is 7.36. The summed E-state index contributed by atoms with van der Waals surface area (Å²) in [5.74, 6) is 0.902. The van der Waals surface area contributed by atoms with Gasteiger partial charge in [-0.05, 0) is 63.7 Å². The third-order valence-corrected chi connectivity index (χ3v) is 11.6. The van der Waals surface area contributed by atoms with E-state index in [9.17, 15) is 0 Å². The van der Waals surface area contributed by atoms with Crippen LogP contribution in [0.1, 0.15) is 11.1 Å². The van der Waals surface area contributed by atoms with E-state index >= 15 is 0 Å². The van der Waals surface area contributed by atoms with Crippen LogP contribution in [0.15, 0.2) is 138 Å². The van der Waals surface area contributed by atoms with Gasteiger partial charge in [0.15, 0.2) is 0 Å². The minimum absolute atomic E-state index is 0.901. The van der Waals surface area contributed by atoms with E-state index in [1.165, 1.54) is 63.0 Å². The number of fused-ring (bicyclic) bond motifs is 7. The second-order valence-electron chi connectivity index (χ2n) is 11.9. The van der Waals surface area contributed by atoms with Crippen molar-refractivity contribution in [2.45, 2.75) is 6.42 Å². The summed E-state index contributed by atoms with van der Waals surface area (Å²) < 4.78 is 5.44. The maximum absolute atomic E-state index is 4.87. The van der Waals surface area contributed by atoms with Crippen molar-refractivity contribution in [1.29, 1.82) is 0 Å². The summed E-state index contributed by atoms with van der Waals surface area (Å²) in [4.78, 5) is 13.1. The van der Waals surface area contributed by atoms with E-state index < -0.39 is 0 Å². The minimum atomic E-state index is 0.901. The number of benzene rings is 6. The van der Waals surface area contributed by atoms with E-state index in [4.69, 9.17) is 9.98 Å². The van der Waals surface area contributed by atoms with E-state index in [1.807, 2.05) is 40.9 Å². The van der Waals surface area contributed by atoms with Gasteiger partial charge in [-0.2, -0.15) is 0 Å². The van der Waals surface area contributed by atoms with Gasteiger partial charge in [0.25, 0.3) is 0 Å². The molecule has 6 aromatic carbocycles. The number of H-pyrrole nitrogens is 1. The fourth-order valence-electron chi connectivity index (χ4n) is 6.68. The van der Waals surface area contributed by atoms with Gasteiger partial charge in [0, 0.05) is 32.2 Å². The van der Waals surface area contributed by atoms with Gasteiger partial charge in [-0.25, -0.2) is 4.98 Å². The molecule has 0 saturated carbocycles. The third-order valence-electron chi connectivity index (χ3n) is 9.12. The molecule has 3 aromatic heterocycles. The molecule has 0 saturated heterocycles. The Morgan fingerprint density at radius 2 is 1.09 bits per heavy atom. The molecule has 0 aliphatic carbocycles. The topological polar surface area (TPSA) is 41.0 Å². The smallest absolute Gasteiger partial charge is 0.138 e. The van der Waals surface area contributed by atoms with E-state index in [0.29, 0.717) is 0 Å². The van der Waals surface area contributed by atoms with Crippen LogP contribution >= 0.6 is 22.7 Å². The molecule has 46 heavy (non-hydrogen) atoms. The lowest BCUT2D eigenvalue weighted by Crippen LogP contribution is -1.99. The highest BCUT2D eigenvalue weighted by Gasteiger charge is 2.17. The van der Waals surface area contributed by atoms with Crippen LogP contribution in [0.25, 0.3) is 74.2 Å². The Morgan fingerprint density at radius 1 is 0.522 bits per heavy atom. The summed E-state index contributed by atoms with van der Waals surface area (Å²) in [5, 5.41) is 2.68. The number of aromatic amines is 1.